The molecule has 2 N–H and O–H groups in total. The van der Waals surface area contributed by atoms with E-state index in [1.807, 2.05) is 6.20 Å². The van der Waals surface area contributed by atoms with Gasteiger partial charge in [-0.25, -0.2) is 0 Å². The Labute approximate surface area is 64.8 Å². The molecule has 62 valence electrons. The number of hydrogen-bond donors (Lipinski definition) is 2. The highest BCUT2D eigenvalue weighted by Crippen LogP contribution is 2.11. The van der Waals surface area contributed by atoms with E-state index in [4.69, 9.17) is 5.11 Å². The van der Waals surface area contributed by atoms with E-state index in [9.17, 15) is 4.79 Å². The van der Waals surface area contributed by atoms with Crippen LogP contribution in [0.1, 0.15) is 25.5 Å². The van der Waals surface area contributed by atoms with Crippen molar-refractivity contribution in [2.75, 3.05) is 0 Å². The van der Waals surface area contributed by atoms with E-state index in [2.05, 4.69) is 18.9 Å². The van der Waals surface area contributed by atoms with Crippen molar-refractivity contribution >= 4 is 5.97 Å². The first-order valence-electron chi connectivity index (χ1n) is 3.56. The van der Waals surface area contributed by atoms with Crippen LogP contribution in [0, 0.1) is 0 Å². The summed E-state index contributed by atoms with van der Waals surface area (Å²) in [6.07, 6.45) is 1.82. The SMILES string of the molecule is CC(C)c1cn(CC(=O)O)[nH]1. The molecule has 0 saturated heterocycles. The van der Waals surface area contributed by atoms with Crippen molar-refractivity contribution in [1.29, 1.82) is 0 Å². The molecule has 0 saturated carbocycles. The molecule has 0 atom stereocenters. The average Bonchev–Trinajstić information content (AvgIpc) is 1.75. The molecule has 0 bridgehead atoms. The average molecular weight is 156 g/mol. The Hall–Kier alpha value is -1.19. The molecule has 0 amide bonds. The largest absolute Gasteiger partial charge is 0.480 e. The first-order chi connectivity index (χ1) is 5.09. The van der Waals surface area contributed by atoms with E-state index in [1.54, 1.807) is 4.68 Å². The van der Waals surface area contributed by atoms with Crippen molar-refractivity contribution in [2.45, 2.75) is 26.3 Å². The van der Waals surface area contributed by atoms with Crippen LogP contribution in [-0.4, -0.2) is 20.9 Å². The van der Waals surface area contributed by atoms with Crippen LogP contribution in [0.2, 0.25) is 0 Å². The van der Waals surface area contributed by atoms with Gasteiger partial charge in [-0.2, -0.15) is 0 Å². The van der Waals surface area contributed by atoms with Crippen molar-refractivity contribution in [3.05, 3.63) is 11.9 Å². The quantitative estimate of drug-likeness (QED) is 0.686. The van der Waals surface area contributed by atoms with Gasteiger partial charge in [-0.15, -0.1) is 0 Å². The van der Waals surface area contributed by atoms with E-state index in [0.29, 0.717) is 5.92 Å². The number of nitrogens with one attached hydrogen (secondary N) is 1. The molecule has 0 aliphatic rings. The lowest BCUT2D eigenvalue weighted by Gasteiger charge is -2.16. The van der Waals surface area contributed by atoms with Gasteiger partial charge in [-0.05, 0) is 5.92 Å². The van der Waals surface area contributed by atoms with E-state index in [0.717, 1.165) is 5.69 Å². The fraction of sp³-hybridized carbons (Fsp3) is 0.571. The predicted octanol–water partition coefficient (Wildman–Crippen LogP) is 1.02. The summed E-state index contributed by atoms with van der Waals surface area (Å²) in [4.78, 5) is 10.2. The van der Waals surface area contributed by atoms with E-state index >= 15 is 0 Å². The molecule has 1 rings (SSSR count). The molecule has 0 aliphatic carbocycles. The standard InChI is InChI=1S/C7H12N2O2/c1-5(2)6-3-9(8-6)4-7(10)11/h3,5,8H,4H2,1-2H3,(H,10,11). The first-order valence-corrected chi connectivity index (χ1v) is 3.56. The Bertz CT molecular complexity index is 235. The summed E-state index contributed by atoms with van der Waals surface area (Å²) in [5.74, 6) is -0.378. The second-order valence-electron chi connectivity index (χ2n) is 2.87. The molecule has 0 spiro atoms. The maximum atomic E-state index is 10.2. The summed E-state index contributed by atoms with van der Waals surface area (Å²) in [6.45, 7) is 4.13. The van der Waals surface area contributed by atoms with Gasteiger partial charge in [0.25, 0.3) is 0 Å². The summed E-state index contributed by atoms with van der Waals surface area (Å²) in [5, 5.41) is 11.3. The second kappa shape index (κ2) is 2.82. The van der Waals surface area contributed by atoms with Crippen molar-refractivity contribution in [3.63, 3.8) is 0 Å². The van der Waals surface area contributed by atoms with Gasteiger partial charge in [0.15, 0.2) is 0 Å². The minimum atomic E-state index is -0.823. The summed E-state index contributed by atoms with van der Waals surface area (Å²) < 4.78 is 1.55. The fourth-order valence-corrected chi connectivity index (χ4v) is 0.838. The van der Waals surface area contributed by atoms with Gasteiger partial charge in [0.1, 0.15) is 6.54 Å². The number of aromatic amines is 1. The van der Waals surface area contributed by atoms with Crippen LogP contribution in [0.25, 0.3) is 0 Å². The Morgan fingerprint density at radius 1 is 1.82 bits per heavy atom. The van der Waals surface area contributed by atoms with Gasteiger partial charge in [-0.3, -0.25) is 9.48 Å². The molecule has 0 radical (unpaired) electrons. The van der Waals surface area contributed by atoms with Gasteiger partial charge >= 0.3 is 5.97 Å². The number of carbonyl (C=O) groups is 1. The number of carboxylic acid groups (broad SMARTS) is 1. The van der Waals surface area contributed by atoms with Crippen molar-refractivity contribution in [3.8, 4) is 0 Å². The van der Waals surface area contributed by atoms with Crippen LogP contribution in [0.15, 0.2) is 6.20 Å². The zero-order valence-electron chi connectivity index (χ0n) is 6.66. The third-order valence-corrected chi connectivity index (χ3v) is 1.50. The molecule has 1 aromatic heterocycles. The van der Waals surface area contributed by atoms with Crippen LogP contribution >= 0.6 is 0 Å². The highest BCUT2D eigenvalue weighted by Gasteiger charge is 2.06. The van der Waals surface area contributed by atoms with E-state index < -0.39 is 5.97 Å². The molecular weight excluding hydrogens is 144 g/mol. The minimum absolute atomic E-state index is 0.0240. The molecule has 0 aromatic carbocycles. The van der Waals surface area contributed by atoms with Crippen molar-refractivity contribution < 1.29 is 9.90 Å². The van der Waals surface area contributed by atoms with Crippen molar-refractivity contribution in [2.24, 2.45) is 0 Å². The first kappa shape index (κ1) is 7.91. The maximum Gasteiger partial charge on any atom is 0.325 e. The number of nitrogens with zero attached hydrogens (tertiary/aromatic N) is 1. The lowest BCUT2D eigenvalue weighted by Crippen LogP contribution is -2.18. The predicted molar refractivity (Wildman–Crippen MR) is 40.5 cm³/mol. The molecule has 0 aliphatic heterocycles. The van der Waals surface area contributed by atoms with Gasteiger partial charge in [-0.1, -0.05) is 13.8 Å². The van der Waals surface area contributed by atoms with Crippen LogP contribution in [0.3, 0.4) is 0 Å². The molecule has 1 heterocycles. The summed E-state index contributed by atoms with van der Waals surface area (Å²) in [7, 11) is 0. The normalized spacial score (nSPS) is 10.8. The number of aromatic nitrogens is 2. The molecule has 1 aromatic rings. The third kappa shape index (κ3) is 1.86. The Balaban J connectivity index is 2.47. The highest BCUT2D eigenvalue weighted by molar-refractivity contribution is 5.66. The smallest absolute Gasteiger partial charge is 0.325 e. The Morgan fingerprint density at radius 2 is 2.36 bits per heavy atom. The number of rotatable bonds is 3. The number of carboxylic acids is 1. The zero-order valence-corrected chi connectivity index (χ0v) is 6.66. The summed E-state index contributed by atoms with van der Waals surface area (Å²) in [6, 6.07) is 0. The number of aliphatic carboxylic acids is 1. The Kier molecular flexibility index (Phi) is 2.03. The maximum absolute atomic E-state index is 10.2. The van der Waals surface area contributed by atoms with Crippen LogP contribution < -0.4 is 0 Å². The van der Waals surface area contributed by atoms with E-state index in [1.165, 1.54) is 0 Å². The highest BCUT2D eigenvalue weighted by atomic mass is 16.4. The molecule has 4 nitrogen and oxygen atoms in total. The van der Waals surface area contributed by atoms with Gasteiger partial charge in [0.2, 0.25) is 0 Å². The second-order valence-corrected chi connectivity index (χ2v) is 2.87. The van der Waals surface area contributed by atoms with Crippen LogP contribution in [-0.2, 0) is 11.3 Å². The molecule has 0 unspecified atom stereocenters. The topological polar surface area (TPSA) is 58.0 Å². The third-order valence-electron chi connectivity index (χ3n) is 1.50. The molecular formula is C7H12N2O2. The lowest BCUT2D eigenvalue weighted by molar-refractivity contribution is -0.138. The zero-order chi connectivity index (χ0) is 8.43. The summed E-state index contributed by atoms with van der Waals surface area (Å²) >= 11 is 0. The van der Waals surface area contributed by atoms with E-state index in [-0.39, 0.29) is 6.54 Å². The molecule has 11 heavy (non-hydrogen) atoms. The fourth-order valence-electron chi connectivity index (χ4n) is 0.838. The Morgan fingerprint density at radius 3 is 2.73 bits per heavy atom. The molecule has 4 heteroatoms. The minimum Gasteiger partial charge on any atom is -0.480 e. The molecule has 0 fully saturated rings. The van der Waals surface area contributed by atoms with Gasteiger partial charge in [0.05, 0.1) is 5.69 Å². The van der Waals surface area contributed by atoms with Crippen molar-refractivity contribution in [1.82, 2.24) is 9.78 Å². The number of hydrogen-bond acceptors (Lipinski definition) is 1. The monoisotopic (exact) mass is 156 g/mol. The van der Waals surface area contributed by atoms with Gasteiger partial charge in [0, 0.05) is 6.20 Å². The lowest BCUT2D eigenvalue weighted by atomic mass is 10.1. The van der Waals surface area contributed by atoms with Crippen LogP contribution in [0.4, 0.5) is 0 Å². The van der Waals surface area contributed by atoms with Gasteiger partial charge < -0.3 is 10.2 Å². The van der Waals surface area contributed by atoms with Crippen LogP contribution in [0.5, 0.6) is 0 Å². The number of H-pyrrole nitrogens is 1. The summed E-state index contributed by atoms with van der Waals surface area (Å²) in [5.41, 5.74) is 1.09.